The topological polar surface area (TPSA) is 32.3 Å². The van der Waals surface area contributed by atoms with Crippen LogP contribution in [0.2, 0.25) is 0 Å². The van der Waals surface area contributed by atoms with Crippen LogP contribution in [0.4, 0.5) is 34.1 Å². The maximum atomic E-state index is 5.51. The van der Waals surface area contributed by atoms with Crippen molar-refractivity contribution < 1.29 is 0 Å². The highest BCUT2D eigenvalue weighted by Crippen LogP contribution is 2.49. The predicted octanol–water partition coefficient (Wildman–Crippen LogP) is 13.7. The fourth-order valence-corrected chi connectivity index (χ4v) is 11.0. The molecule has 0 radical (unpaired) electrons. The average Bonchev–Trinajstić information content (AvgIpc) is 3.38. The van der Waals surface area contributed by atoms with Gasteiger partial charge >= 0.3 is 0 Å². The van der Waals surface area contributed by atoms with E-state index >= 15 is 0 Å². The smallest absolute Gasteiger partial charge is 0.252 e. The second kappa shape index (κ2) is 14.0. The van der Waals surface area contributed by atoms with Crippen LogP contribution < -0.4 is 26.2 Å². The number of hydrogen-bond donors (Lipinski definition) is 0. The fraction of sp³-hybridized carbons (Fsp3) is 0. The van der Waals surface area contributed by atoms with Crippen LogP contribution in [-0.2, 0) is 0 Å². The van der Waals surface area contributed by atoms with Gasteiger partial charge in [-0.15, -0.1) is 0 Å². The van der Waals surface area contributed by atoms with E-state index in [1.165, 1.54) is 70.9 Å². The van der Waals surface area contributed by atoms with Crippen LogP contribution in [0.5, 0.6) is 0 Å². The Morgan fingerprint density at radius 2 is 0.800 bits per heavy atom. The summed E-state index contributed by atoms with van der Waals surface area (Å²) in [6.45, 7) is -0.0804. The molecule has 14 rings (SSSR count). The molecule has 0 saturated heterocycles. The van der Waals surface area contributed by atoms with Crippen LogP contribution in [-0.4, -0.2) is 16.7 Å². The molecule has 0 spiro atoms. The predicted molar refractivity (Wildman–Crippen MR) is 274 cm³/mol. The molecule has 1 aromatic heterocycles. The Hall–Kier alpha value is -8.54. The summed E-state index contributed by atoms with van der Waals surface area (Å²) in [5.41, 5.74) is 14.5. The number of nitrogens with zero attached hydrogens (tertiary/aromatic N) is 4. The molecule has 12 aromatic rings. The first-order valence-corrected chi connectivity index (χ1v) is 22.4. The molecule has 300 valence electrons. The molecular weight excluding hydrogens is 787 g/mol. The van der Waals surface area contributed by atoms with Crippen molar-refractivity contribution in [3.8, 4) is 22.6 Å². The highest BCUT2D eigenvalue weighted by Gasteiger charge is 2.45. The molecule has 3 heterocycles. The molecule has 2 aliphatic rings. The normalized spacial score (nSPS) is 12.8. The largest absolute Gasteiger partial charge is 0.311 e. The molecule has 11 aromatic carbocycles. The number of benzene rings is 11. The SMILES string of the molecule is c1ccc(-c2nc(-c3cc4c5c(c3)N(c3ccccc3)c3c(ccc6c3ccc3ccccc36)B5c3ccc5c(ccc6ccccc65)c3N4c3ccccc3)nc3ccccc23)cc1. The van der Waals surface area contributed by atoms with Crippen molar-refractivity contribution in [2.24, 2.45) is 0 Å². The van der Waals surface area contributed by atoms with Crippen molar-refractivity contribution in [2.75, 3.05) is 9.80 Å². The Morgan fingerprint density at radius 1 is 0.338 bits per heavy atom. The molecule has 0 bridgehead atoms. The van der Waals surface area contributed by atoms with Gasteiger partial charge in [0.15, 0.2) is 5.82 Å². The summed E-state index contributed by atoms with van der Waals surface area (Å²) in [5, 5.41) is 10.9. The van der Waals surface area contributed by atoms with Gasteiger partial charge in [0.1, 0.15) is 0 Å². The number of aromatic nitrogens is 2. The third-order valence-electron chi connectivity index (χ3n) is 13.8. The standard InChI is InChI=1S/C60H37BN4/c1-4-18-40(19-5-1)57-50-26-14-15-27-53(50)62-60(63-57)41-36-54-56-55(37-41)65(43-22-8-3-9-23-43)59-49-31-29-39-17-11-13-25-45(39)47(49)33-35-52(59)61(56)51-34-32-46-44-24-12-10-16-38(44)28-30-48(46)58(51)64(54)42-20-6-2-7-21-42/h1-37H. The van der Waals surface area contributed by atoms with Gasteiger partial charge in [-0.2, -0.15) is 0 Å². The lowest BCUT2D eigenvalue weighted by Crippen LogP contribution is -2.61. The third-order valence-corrected chi connectivity index (χ3v) is 13.8. The van der Waals surface area contributed by atoms with Gasteiger partial charge in [0.25, 0.3) is 6.71 Å². The minimum absolute atomic E-state index is 0.0804. The number of rotatable bonds is 4. The molecule has 65 heavy (non-hydrogen) atoms. The maximum absolute atomic E-state index is 5.51. The Morgan fingerprint density at radius 3 is 1.35 bits per heavy atom. The summed E-state index contributed by atoms with van der Waals surface area (Å²) >= 11 is 0. The number of para-hydroxylation sites is 3. The van der Waals surface area contributed by atoms with Gasteiger partial charge in [0.05, 0.1) is 11.2 Å². The van der Waals surface area contributed by atoms with Crippen molar-refractivity contribution in [2.45, 2.75) is 0 Å². The van der Waals surface area contributed by atoms with E-state index in [0.29, 0.717) is 5.82 Å². The van der Waals surface area contributed by atoms with Gasteiger partial charge in [-0.05, 0) is 91.2 Å². The summed E-state index contributed by atoms with van der Waals surface area (Å²) in [6, 6.07) is 81.8. The van der Waals surface area contributed by atoms with Crippen LogP contribution in [0, 0.1) is 0 Å². The van der Waals surface area contributed by atoms with E-state index in [2.05, 4.69) is 234 Å². The molecule has 0 amide bonds. The van der Waals surface area contributed by atoms with Crippen molar-refractivity contribution >= 4 is 111 Å². The first kappa shape index (κ1) is 36.0. The van der Waals surface area contributed by atoms with Crippen molar-refractivity contribution in [3.63, 3.8) is 0 Å². The molecule has 2 aliphatic heterocycles. The summed E-state index contributed by atoms with van der Waals surface area (Å²) in [7, 11) is 0. The zero-order valence-corrected chi connectivity index (χ0v) is 35.2. The Balaban J connectivity index is 1.16. The lowest BCUT2D eigenvalue weighted by molar-refractivity contribution is 1.21. The monoisotopic (exact) mass is 824 g/mol. The van der Waals surface area contributed by atoms with Gasteiger partial charge < -0.3 is 9.80 Å². The van der Waals surface area contributed by atoms with E-state index < -0.39 is 0 Å². The van der Waals surface area contributed by atoms with E-state index in [9.17, 15) is 0 Å². The van der Waals surface area contributed by atoms with Gasteiger partial charge in [-0.1, -0.05) is 182 Å². The van der Waals surface area contributed by atoms with Crippen LogP contribution in [0.3, 0.4) is 0 Å². The second-order valence-corrected chi connectivity index (χ2v) is 17.3. The van der Waals surface area contributed by atoms with Gasteiger partial charge in [-0.25, -0.2) is 9.97 Å². The van der Waals surface area contributed by atoms with Gasteiger partial charge in [-0.3, -0.25) is 0 Å². The zero-order valence-electron chi connectivity index (χ0n) is 35.2. The summed E-state index contributed by atoms with van der Waals surface area (Å²) < 4.78 is 0. The van der Waals surface area contributed by atoms with Crippen LogP contribution in [0.25, 0.3) is 76.6 Å². The van der Waals surface area contributed by atoms with E-state index in [0.717, 1.165) is 50.5 Å². The van der Waals surface area contributed by atoms with Crippen LogP contribution >= 0.6 is 0 Å². The third kappa shape index (κ3) is 5.33. The Kier molecular flexibility index (Phi) is 7.75. The maximum Gasteiger partial charge on any atom is 0.252 e. The number of hydrogen-bond acceptors (Lipinski definition) is 4. The number of anilines is 6. The molecule has 0 N–H and O–H groups in total. The lowest BCUT2D eigenvalue weighted by atomic mass is 9.33. The first-order chi connectivity index (χ1) is 32.3. The van der Waals surface area contributed by atoms with Gasteiger partial charge in [0, 0.05) is 61.4 Å². The van der Waals surface area contributed by atoms with E-state index in [-0.39, 0.29) is 6.71 Å². The highest BCUT2D eigenvalue weighted by molar-refractivity contribution is 7.00. The minimum Gasteiger partial charge on any atom is -0.311 e. The van der Waals surface area contributed by atoms with Crippen LogP contribution in [0.1, 0.15) is 0 Å². The molecular formula is C60H37BN4. The molecule has 0 atom stereocenters. The highest BCUT2D eigenvalue weighted by atomic mass is 15.2. The molecule has 0 aliphatic carbocycles. The minimum atomic E-state index is -0.0804. The van der Waals surface area contributed by atoms with E-state index in [1.54, 1.807) is 0 Å². The molecule has 0 fully saturated rings. The first-order valence-electron chi connectivity index (χ1n) is 22.4. The summed E-state index contributed by atoms with van der Waals surface area (Å²) in [4.78, 5) is 15.9. The molecule has 0 saturated carbocycles. The van der Waals surface area contributed by atoms with Crippen LogP contribution in [0.15, 0.2) is 224 Å². The average molecular weight is 825 g/mol. The fourth-order valence-electron chi connectivity index (χ4n) is 11.0. The zero-order chi connectivity index (χ0) is 42.6. The lowest BCUT2D eigenvalue weighted by Gasteiger charge is -2.45. The molecule has 0 unspecified atom stereocenters. The van der Waals surface area contributed by atoms with E-state index in [1.807, 2.05) is 0 Å². The quantitative estimate of drug-likeness (QED) is 0.131. The molecule has 5 heteroatoms. The summed E-state index contributed by atoms with van der Waals surface area (Å²) in [5.74, 6) is 0.684. The van der Waals surface area contributed by atoms with Crippen molar-refractivity contribution in [3.05, 3.63) is 224 Å². The number of fused-ring (bicyclic) bond motifs is 13. The van der Waals surface area contributed by atoms with Crippen molar-refractivity contribution in [1.82, 2.24) is 9.97 Å². The Labute approximate surface area is 376 Å². The van der Waals surface area contributed by atoms with E-state index in [4.69, 9.17) is 9.97 Å². The van der Waals surface area contributed by atoms with Crippen molar-refractivity contribution in [1.29, 1.82) is 0 Å². The van der Waals surface area contributed by atoms with Gasteiger partial charge in [0.2, 0.25) is 0 Å². The molecule has 4 nitrogen and oxygen atoms in total. The second-order valence-electron chi connectivity index (χ2n) is 17.3. The summed E-state index contributed by atoms with van der Waals surface area (Å²) in [6.07, 6.45) is 0. The Bertz CT molecular complexity index is 3720.